The second-order valence-electron chi connectivity index (χ2n) is 3.73. The van der Waals surface area contributed by atoms with Crippen molar-refractivity contribution >= 4 is 11.8 Å². The summed E-state index contributed by atoms with van der Waals surface area (Å²) >= 11 is 0. The van der Waals surface area contributed by atoms with E-state index in [0.29, 0.717) is 5.84 Å². The Hall–Kier alpha value is -1.88. The molecular formula is C12H14N2O3. The minimum Gasteiger partial charge on any atom is -0.462 e. The smallest absolute Gasteiger partial charge is 0.340 e. The summed E-state index contributed by atoms with van der Waals surface area (Å²) in [6.45, 7) is 3.88. The van der Waals surface area contributed by atoms with Gasteiger partial charge in [-0.15, -0.1) is 0 Å². The molecule has 5 heteroatoms. The summed E-state index contributed by atoms with van der Waals surface area (Å²) in [5.41, 5.74) is 1.08. The Kier molecular flexibility index (Phi) is 3.10. The fraction of sp³-hybridized carbons (Fsp3) is 0.333. The van der Waals surface area contributed by atoms with Crippen molar-refractivity contribution in [3.05, 3.63) is 35.7 Å². The Labute approximate surface area is 99.4 Å². The van der Waals surface area contributed by atoms with Gasteiger partial charge in [0.05, 0.1) is 6.61 Å². The molecule has 0 fully saturated rings. The van der Waals surface area contributed by atoms with Crippen molar-refractivity contribution in [2.24, 2.45) is 4.99 Å². The molecule has 0 saturated heterocycles. The number of rotatable bonds is 2. The Morgan fingerprint density at radius 3 is 3.12 bits per heavy atom. The fourth-order valence-corrected chi connectivity index (χ4v) is 1.71. The van der Waals surface area contributed by atoms with E-state index in [0.717, 1.165) is 5.57 Å². The molecule has 0 radical (unpaired) electrons. The molecular weight excluding hydrogens is 220 g/mol. The van der Waals surface area contributed by atoms with Crippen molar-refractivity contribution in [2.45, 2.75) is 20.1 Å². The molecule has 0 unspecified atom stereocenters. The van der Waals surface area contributed by atoms with E-state index in [4.69, 9.17) is 4.74 Å². The van der Waals surface area contributed by atoms with Gasteiger partial charge in [-0.3, -0.25) is 0 Å². The van der Waals surface area contributed by atoms with Crippen LogP contribution in [0.1, 0.15) is 13.8 Å². The fourth-order valence-electron chi connectivity index (χ4n) is 1.71. The molecule has 0 aromatic carbocycles. The first-order valence-electron chi connectivity index (χ1n) is 5.42. The number of ether oxygens (including phenoxy) is 1. The van der Waals surface area contributed by atoms with Gasteiger partial charge in [0, 0.05) is 12.4 Å². The first-order chi connectivity index (χ1) is 8.15. The predicted molar refractivity (Wildman–Crippen MR) is 62.9 cm³/mol. The largest absolute Gasteiger partial charge is 0.462 e. The van der Waals surface area contributed by atoms with E-state index < -0.39 is 12.2 Å². The number of aliphatic hydroxyl groups is 1. The van der Waals surface area contributed by atoms with Crippen molar-refractivity contribution in [1.29, 1.82) is 0 Å². The highest BCUT2D eigenvalue weighted by molar-refractivity contribution is 6.03. The number of aliphatic hydroxyl groups excluding tert-OH is 1. The van der Waals surface area contributed by atoms with Crippen LogP contribution in [0.5, 0.6) is 0 Å². The lowest BCUT2D eigenvalue weighted by molar-refractivity contribution is -0.140. The van der Waals surface area contributed by atoms with E-state index in [1.165, 1.54) is 6.20 Å². The lowest BCUT2D eigenvalue weighted by atomic mass is 10.1. The van der Waals surface area contributed by atoms with Gasteiger partial charge in [0.2, 0.25) is 0 Å². The van der Waals surface area contributed by atoms with E-state index in [1.807, 2.05) is 13.0 Å². The quantitative estimate of drug-likeness (QED) is 0.722. The van der Waals surface area contributed by atoms with Gasteiger partial charge in [-0.1, -0.05) is 6.08 Å². The summed E-state index contributed by atoms with van der Waals surface area (Å²) in [6, 6.07) is 0. The van der Waals surface area contributed by atoms with Crippen LogP contribution in [-0.4, -0.2) is 34.6 Å². The van der Waals surface area contributed by atoms with Gasteiger partial charge in [0.25, 0.3) is 0 Å². The van der Waals surface area contributed by atoms with E-state index in [-0.39, 0.29) is 12.2 Å². The topological polar surface area (TPSA) is 62.1 Å². The standard InChI is InChI=1S/C12H14N2O3/c1-3-17-12(16)9-7-13-10-8(2)5-4-6-14(10)11(9)15/h4-7,11,15H,3H2,1-2H3/t11-/m0/s1. The molecule has 0 amide bonds. The van der Waals surface area contributed by atoms with Crippen molar-refractivity contribution in [3.63, 3.8) is 0 Å². The minimum absolute atomic E-state index is 0.148. The Morgan fingerprint density at radius 2 is 2.41 bits per heavy atom. The highest BCUT2D eigenvalue weighted by Crippen LogP contribution is 2.22. The maximum atomic E-state index is 11.6. The molecule has 0 bridgehead atoms. The summed E-state index contributed by atoms with van der Waals surface area (Å²) < 4.78 is 4.86. The van der Waals surface area contributed by atoms with Crippen LogP contribution < -0.4 is 0 Å². The number of aliphatic imine (C=N–C) groups is 1. The summed E-state index contributed by atoms with van der Waals surface area (Å²) in [5.74, 6) is 0.108. The third kappa shape index (κ3) is 2.01. The predicted octanol–water partition coefficient (Wildman–Crippen LogP) is 0.940. The molecule has 0 saturated carbocycles. The number of esters is 1. The van der Waals surface area contributed by atoms with Gasteiger partial charge in [0.1, 0.15) is 11.4 Å². The monoisotopic (exact) mass is 234 g/mol. The molecule has 2 aliphatic rings. The van der Waals surface area contributed by atoms with Crippen LogP contribution in [0.15, 0.2) is 40.7 Å². The summed E-state index contributed by atoms with van der Waals surface area (Å²) in [5, 5.41) is 10.1. The maximum absolute atomic E-state index is 11.6. The van der Waals surface area contributed by atoms with Crippen LogP contribution in [0.25, 0.3) is 0 Å². The van der Waals surface area contributed by atoms with Crippen molar-refractivity contribution in [1.82, 2.24) is 4.90 Å². The number of hydrogen-bond acceptors (Lipinski definition) is 5. The lowest BCUT2D eigenvalue weighted by Gasteiger charge is -2.32. The average Bonchev–Trinajstić information content (AvgIpc) is 2.31. The van der Waals surface area contributed by atoms with Crippen molar-refractivity contribution < 1.29 is 14.6 Å². The second-order valence-corrected chi connectivity index (χ2v) is 3.73. The Morgan fingerprint density at radius 1 is 1.65 bits per heavy atom. The van der Waals surface area contributed by atoms with Gasteiger partial charge < -0.3 is 14.7 Å². The zero-order valence-electron chi connectivity index (χ0n) is 9.75. The third-order valence-corrected chi connectivity index (χ3v) is 2.57. The van der Waals surface area contributed by atoms with E-state index >= 15 is 0 Å². The number of amidine groups is 1. The number of allylic oxidation sites excluding steroid dienone is 2. The molecule has 17 heavy (non-hydrogen) atoms. The molecule has 0 aliphatic carbocycles. The van der Waals surface area contributed by atoms with Crippen molar-refractivity contribution in [2.75, 3.05) is 6.61 Å². The Balaban J connectivity index is 2.31. The summed E-state index contributed by atoms with van der Waals surface area (Å²) in [4.78, 5) is 17.3. The van der Waals surface area contributed by atoms with E-state index in [2.05, 4.69) is 4.99 Å². The number of nitrogens with zero attached hydrogens (tertiary/aromatic N) is 2. The van der Waals surface area contributed by atoms with Crippen LogP contribution in [0.4, 0.5) is 0 Å². The molecule has 2 rings (SSSR count). The average molecular weight is 234 g/mol. The zero-order valence-corrected chi connectivity index (χ0v) is 9.75. The molecule has 0 aromatic heterocycles. The molecule has 5 nitrogen and oxygen atoms in total. The summed E-state index contributed by atoms with van der Waals surface area (Å²) in [7, 11) is 0. The van der Waals surface area contributed by atoms with Crippen LogP contribution in [-0.2, 0) is 9.53 Å². The molecule has 1 N–H and O–H groups in total. The molecule has 2 aliphatic heterocycles. The molecule has 0 aromatic rings. The van der Waals surface area contributed by atoms with Gasteiger partial charge >= 0.3 is 5.97 Å². The van der Waals surface area contributed by atoms with Crippen LogP contribution in [0.3, 0.4) is 0 Å². The minimum atomic E-state index is -1.04. The SMILES string of the molecule is CCOC(=O)C1=CN=C2C(C)=CC=CN2[C@H]1O. The third-order valence-electron chi connectivity index (χ3n) is 2.57. The normalized spacial score (nSPS) is 22.4. The van der Waals surface area contributed by atoms with Crippen LogP contribution in [0, 0.1) is 0 Å². The number of fused-ring (bicyclic) bond motifs is 1. The van der Waals surface area contributed by atoms with Gasteiger partial charge in [-0.25, -0.2) is 9.79 Å². The van der Waals surface area contributed by atoms with Gasteiger partial charge in [0.15, 0.2) is 6.23 Å². The number of hydrogen-bond donors (Lipinski definition) is 1. The van der Waals surface area contributed by atoms with Gasteiger partial charge in [-0.2, -0.15) is 0 Å². The van der Waals surface area contributed by atoms with E-state index in [9.17, 15) is 9.90 Å². The van der Waals surface area contributed by atoms with Crippen LogP contribution >= 0.6 is 0 Å². The zero-order chi connectivity index (χ0) is 12.4. The number of carbonyl (C=O) groups excluding carboxylic acids is 1. The first-order valence-corrected chi connectivity index (χ1v) is 5.42. The lowest BCUT2D eigenvalue weighted by Crippen LogP contribution is -2.43. The van der Waals surface area contributed by atoms with Crippen LogP contribution in [0.2, 0.25) is 0 Å². The highest BCUT2D eigenvalue weighted by atomic mass is 16.5. The summed E-state index contributed by atoms with van der Waals surface area (Å²) in [6.07, 6.45) is 5.70. The Bertz CT molecular complexity index is 460. The van der Waals surface area contributed by atoms with E-state index in [1.54, 1.807) is 24.1 Å². The molecule has 1 atom stereocenters. The molecule has 0 spiro atoms. The number of carbonyl (C=O) groups is 1. The van der Waals surface area contributed by atoms with Gasteiger partial charge in [-0.05, 0) is 25.5 Å². The second kappa shape index (κ2) is 4.55. The maximum Gasteiger partial charge on any atom is 0.340 e. The highest BCUT2D eigenvalue weighted by Gasteiger charge is 2.31. The first kappa shape index (κ1) is 11.6. The molecule has 90 valence electrons. The van der Waals surface area contributed by atoms with Crippen molar-refractivity contribution in [3.8, 4) is 0 Å². The molecule has 2 heterocycles.